The van der Waals surface area contributed by atoms with Gasteiger partial charge in [0.05, 0.1) is 40.0 Å². The van der Waals surface area contributed by atoms with Crippen molar-refractivity contribution in [2.24, 2.45) is 0 Å². The molecule has 0 aliphatic rings. The molecule has 0 aliphatic carbocycles. The molecule has 0 spiro atoms. The Labute approximate surface area is 264 Å². The quantitative estimate of drug-likeness (QED) is 0.352. The monoisotopic (exact) mass is 550 g/mol. The Morgan fingerprint density at radius 2 is 0.432 bits per heavy atom. The summed E-state index contributed by atoms with van der Waals surface area (Å²) in [7, 11) is 7.93. The first-order valence-electron chi connectivity index (χ1n) is 11.9. The molecule has 0 saturated heterocycles. The van der Waals surface area contributed by atoms with E-state index in [0.717, 1.165) is 13.1 Å². The van der Waals surface area contributed by atoms with E-state index in [1.165, 1.54) is 0 Å². The Bertz CT molecular complexity index is 2110. The molecule has 0 aromatic heterocycles. The average molecular weight is 551 g/mol. The second-order valence-electron chi connectivity index (χ2n) is 8.08. The van der Waals surface area contributed by atoms with Crippen LogP contribution in [0.15, 0.2) is 0 Å². The zero-order valence-corrected chi connectivity index (χ0v) is 24.5. The fourth-order valence-electron chi connectivity index (χ4n) is 1.86. The van der Waals surface area contributed by atoms with Crippen LogP contribution in [0.1, 0.15) is 0 Å². The highest BCUT2D eigenvalue weighted by molar-refractivity contribution is 5.47. The van der Waals surface area contributed by atoms with Crippen LogP contribution >= 0.6 is 0 Å². The first kappa shape index (κ1) is 36.0. The number of quaternary nitrogens is 2. The summed E-state index contributed by atoms with van der Waals surface area (Å²) in [5.41, 5.74) is 0. The lowest BCUT2D eigenvalue weighted by atomic mass is 10.4. The molecule has 2 heteroatoms. The molecule has 0 bridgehead atoms. The predicted molar refractivity (Wildman–Crippen MR) is 176 cm³/mol. The molecule has 0 aromatic carbocycles. The number of likely N-dealkylation sites (N-methyl/N-ethyl adjacent to an activating group) is 2. The van der Waals surface area contributed by atoms with Crippen molar-refractivity contribution in [1.29, 1.82) is 0 Å². The highest BCUT2D eigenvalue weighted by Gasteiger charge is 2.20. The van der Waals surface area contributed by atoms with Crippen LogP contribution in [0.2, 0.25) is 0 Å². The van der Waals surface area contributed by atoms with Crippen LogP contribution < -0.4 is 0 Å². The van der Waals surface area contributed by atoms with Gasteiger partial charge >= 0.3 is 0 Å². The SMILES string of the molecule is C#CC#CC#CC#CC#CC#CC#CC#CC#C[N+](C)(C)CC[N+](C)(C)C#CC#CC#CC#CC#CC#CC#CC#CC#C. The van der Waals surface area contributed by atoms with E-state index in [4.69, 9.17) is 12.8 Å². The third-order valence-corrected chi connectivity index (χ3v) is 3.83. The van der Waals surface area contributed by atoms with Gasteiger partial charge in [0.1, 0.15) is 13.1 Å². The number of hydrogen-bond donors (Lipinski definition) is 0. The van der Waals surface area contributed by atoms with Gasteiger partial charge in [-0.1, -0.05) is 0 Å². The van der Waals surface area contributed by atoms with E-state index in [0.29, 0.717) is 8.97 Å². The van der Waals surface area contributed by atoms with Gasteiger partial charge in [-0.2, -0.15) is 0 Å². The minimum absolute atomic E-state index is 0.432. The Hall–Kier alpha value is -8.00. The van der Waals surface area contributed by atoms with Crippen molar-refractivity contribution < 1.29 is 8.97 Å². The van der Waals surface area contributed by atoms with E-state index in [2.05, 4.69) is 202 Å². The molecule has 2 nitrogen and oxygen atoms in total. The van der Waals surface area contributed by atoms with Crippen LogP contribution in [0.3, 0.4) is 0 Å². The van der Waals surface area contributed by atoms with Crippen molar-refractivity contribution in [3.8, 4) is 214 Å². The summed E-state index contributed by atoms with van der Waals surface area (Å²) in [6, 6.07) is 6.19. The minimum atomic E-state index is 0.432. The summed E-state index contributed by atoms with van der Waals surface area (Å²) in [4.78, 5) is 0. The maximum Gasteiger partial charge on any atom is 0.151 e. The second-order valence-corrected chi connectivity index (χ2v) is 8.08. The summed E-state index contributed by atoms with van der Waals surface area (Å²) in [6.45, 7) is 1.47. The number of nitrogens with zero attached hydrogens (tertiary/aromatic N) is 2. The van der Waals surface area contributed by atoms with Gasteiger partial charge in [-0.25, -0.2) is 8.97 Å². The molecule has 0 aliphatic heterocycles. The van der Waals surface area contributed by atoms with Crippen molar-refractivity contribution in [3.63, 3.8) is 0 Å². The van der Waals surface area contributed by atoms with Crippen LogP contribution in [0, 0.1) is 214 Å². The Morgan fingerprint density at radius 3 is 0.614 bits per heavy atom. The Balaban J connectivity index is 4.81. The van der Waals surface area contributed by atoms with Gasteiger partial charge in [0.2, 0.25) is 0 Å². The molecule has 44 heavy (non-hydrogen) atoms. The fraction of sp³-hybridized carbons (Fsp3) is 0.143. The smallest absolute Gasteiger partial charge is 0.151 e. The molecule has 0 fully saturated rings. The molecule has 0 saturated carbocycles. The zero-order valence-electron chi connectivity index (χ0n) is 24.5. The normalized spacial score (nSPS) is 6.14. The summed E-state index contributed by atoms with van der Waals surface area (Å²) in [6.07, 6.45) is 9.91. The van der Waals surface area contributed by atoms with Crippen LogP contribution in [0.4, 0.5) is 0 Å². The molecule has 0 amide bonds. The lowest BCUT2D eigenvalue weighted by Crippen LogP contribution is -2.46. The summed E-state index contributed by atoms with van der Waals surface area (Å²) in [5.74, 6) is 80.6. The van der Waals surface area contributed by atoms with E-state index >= 15 is 0 Å². The van der Waals surface area contributed by atoms with Crippen LogP contribution in [0.25, 0.3) is 0 Å². The van der Waals surface area contributed by atoms with E-state index in [1.807, 2.05) is 28.2 Å². The summed E-state index contributed by atoms with van der Waals surface area (Å²) >= 11 is 0. The largest absolute Gasteiger partial charge is 0.246 e. The number of rotatable bonds is 3. The van der Waals surface area contributed by atoms with Gasteiger partial charge in [0, 0.05) is 82.9 Å². The molecule has 0 rings (SSSR count). The fourth-order valence-corrected chi connectivity index (χ4v) is 1.86. The second kappa shape index (κ2) is 25.3. The molecular weight excluding hydrogens is 532 g/mol. The van der Waals surface area contributed by atoms with Crippen molar-refractivity contribution in [2.45, 2.75) is 0 Å². The van der Waals surface area contributed by atoms with Crippen molar-refractivity contribution in [3.05, 3.63) is 0 Å². The standard InChI is InChI=1S/C42H18N2/c1-7-9-11-13-15-17-19-21-23-25-27-29-31-33-35-37-39-43(3,4)41-42-44(5,6)40-38-36-34-32-30-28-26-24-22-20-18-16-14-12-10-8-2/h1-2H,41-42H2,3-6H3/q+2. The topological polar surface area (TPSA) is 0 Å². The Morgan fingerprint density at radius 1 is 0.273 bits per heavy atom. The third-order valence-electron chi connectivity index (χ3n) is 3.83. The first-order chi connectivity index (χ1) is 21.3. The zero-order chi connectivity index (χ0) is 32.5. The molecule has 194 valence electrons. The molecule has 0 heterocycles. The van der Waals surface area contributed by atoms with E-state index in [9.17, 15) is 0 Å². The van der Waals surface area contributed by atoms with E-state index < -0.39 is 0 Å². The highest BCUT2D eigenvalue weighted by Crippen LogP contribution is 2.00. The van der Waals surface area contributed by atoms with Crippen molar-refractivity contribution in [1.82, 2.24) is 0 Å². The van der Waals surface area contributed by atoms with Gasteiger partial charge in [0.15, 0.2) is 12.1 Å². The molecule has 0 atom stereocenters. The van der Waals surface area contributed by atoms with Crippen molar-refractivity contribution >= 4 is 0 Å². The van der Waals surface area contributed by atoms with Crippen LogP contribution in [-0.4, -0.2) is 50.2 Å². The maximum atomic E-state index is 4.96. The van der Waals surface area contributed by atoms with Gasteiger partial charge in [-0.3, -0.25) is 0 Å². The Kier molecular flexibility index (Phi) is 20.7. The van der Waals surface area contributed by atoms with E-state index in [-0.39, 0.29) is 0 Å². The predicted octanol–water partition coefficient (Wildman–Crippen LogP) is 0.375. The van der Waals surface area contributed by atoms with Gasteiger partial charge in [-0.05, 0) is 94.7 Å². The van der Waals surface area contributed by atoms with Crippen molar-refractivity contribution in [2.75, 3.05) is 41.3 Å². The minimum Gasteiger partial charge on any atom is -0.246 e. The van der Waals surface area contributed by atoms with Crippen LogP contribution in [0.5, 0.6) is 0 Å². The lowest BCUT2D eigenvalue weighted by Gasteiger charge is -2.26. The molecule has 0 unspecified atom stereocenters. The maximum absolute atomic E-state index is 4.96. The molecule has 0 aromatic rings. The third kappa shape index (κ3) is 27.0. The number of hydrogen-bond acceptors (Lipinski definition) is 0. The molecular formula is C42H18N2+2. The average Bonchev–Trinajstić information content (AvgIpc) is 3.00. The summed E-state index contributed by atoms with van der Waals surface area (Å²) < 4.78 is 0.864. The summed E-state index contributed by atoms with van der Waals surface area (Å²) in [5, 5.41) is 0. The van der Waals surface area contributed by atoms with Gasteiger partial charge in [-0.15, -0.1) is 12.8 Å². The van der Waals surface area contributed by atoms with E-state index in [1.54, 1.807) is 0 Å². The van der Waals surface area contributed by atoms with Gasteiger partial charge in [0.25, 0.3) is 0 Å². The number of terminal acetylenes is 2. The van der Waals surface area contributed by atoms with Crippen LogP contribution in [-0.2, 0) is 0 Å². The first-order valence-corrected chi connectivity index (χ1v) is 11.9. The molecule has 0 radical (unpaired) electrons. The van der Waals surface area contributed by atoms with Gasteiger partial charge < -0.3 is 0 Å². The highest BCUT2D eigenvalue weighted by atomic mass is 15.4. The lowest BCUT2D eigenvalue weighted by molar-refractivity contribution is -0.881. The molecule has 0 N–H and O–H groups in total.